The van der Waals surface area contributed by atoms with Crippen molar-refractivity contribution in [1.29, 1.82) is 0 Å². The molecule has 0 spiro atoms. The second kappa shape index (κ2) is 10.2. The fraction of sp³-hybridized carbons (Fsp3) is 0.296. The molecule has 4 nitrogen and oxygen atoms in total. The topological polar surface area (TPSA) is 38.8 Å². The van der Waals surface area contributed by atoms with Crippen LogP contribution in [-0.2, 0) is 13.0 Å². The Morgan fingerprint density at radius 1 is 0.871 bits per heavy atom. The van der Waals surface area contributed by atoms with E-state index in [2.05, 4.69) is 43.3 Å². The lowest BCUT2D eigenvalue weighted by atomic mass is 10.0. The van der Waals surface area contributed by atoms with Crippen molar-refractivity contribution in [3.63, 3.8) is 0 Å². The van der Waals surface area contributed by atoms with E-state index in [1.807, 2.05) is 47.4 Å². The number of rotatable bonds is 7. The molecular weight excluding hydrogens is 386 g/mol. The summed E-state index contributed by atoms with van der Waals surface area (Å²) >= 11 is 0. The third-order valence-corrected chi connectivity index (χ3v) is 5.68. The first-order chi connectivity index (χ1) is 15.2. The summed E-state index contributed by atoms with van der Waals surface area (Å²) in [4.78, 5) is 15.6. The van der Waals surface area contributed by atoms with Crippen molar-refractivity contribution in [2.45, 2.75) is 38.8 Å². The number of aryl methyl sites for hydroxylation is 1. The largest absolute Gasteiger partial charge is 0.490 e. The van der Waals surface area contributed by atoms with Gasteiger partial charge in [-0.3, -0.25) is 4.79 Å². The van der Waals surface area contributed by atoms with E-state index in [1.165, 1.54) is 5.56 Å². The normalized spacial score (nSPS) is 13.8. The molecule has 1 heterocycles. The van der Waals surface area contributed by atoms with Crippen molar-refractivity contribution in [3.8, 4) is 11.5 Å². The first-order valence-corrected chi connectivity index (χ1v) is 11.0. The third-order valence-electron chi connectivity index (χ3n) is 5.68. The predicted molar refractivity (Wildman–Crippen MR) is 123 cm³/mol. The van der Waals surface area contributed by atoms with Crippen molar-refractivity contribution < 1.29 is 14.3 Å². The van der Waals surface area contributed by atoms with Crippen LogP contribution in [0.25, 0.3) is 0 Å². The van der Waals surface area contributed by atoms with Crippen LogP contribution in [0.3, 0.4) is 0 Å². The molecular formula is C27H29NO3. The monoisotopic (exact) mass is 415 g/mol. The number of nitrogens with zero attached hydrogens (tertiary/aromatic N) is 1. The van der Waals surface area contributed by atoms with Crippen molar-refractivity contribution in [1.82, 2.24) is 4.90 Å². The minimum Gasteiger partial charge on any atom is -0.490 e. The van der Waals surface area contributed by atoms with Gasteiger partial charge in [0.2, 0.25) is 0 Å². The van der Waals surface area contributed by atoms with Gasteiger partial charge in [0.1, 0.15) is 0 Å². The zero-order chi connectivity index (χ0) is 21.5. The van der Waals surface area contributed by atoms with Crippen LogP contribution in [0.2, 0.25) is 0 Å². The number of carbonyl (C=O) groups is 1. The highest BCUT2D eigenvalue weighted by molar-refractivity contribution is 5.95. The molecule has 1 amide bonds. The van der Waals surface area contributed by atoms with E-state index in [0.717, 1.165) is 24.8 Å². The fourth-order valence-corrected chi connectivity index (χ4v) is 3.85. The lowest BCUT2D eigenvalue weighted by Crippen LogP contribution is -2.38. The standard InChI is InChI=1S/C27H29NO3/c1-21(13-14-22-9-4-2-5-10-22)28(20-23-11-6-3-7-12-23)27(29)24-15-16-25-26(19-24)31-18-8-17-30-25/h2-7,9-12,15-16,19,21H,8,13-14,17-18,20H2,1H3/t21-/m0/s1. The fourth-order valence-electron chi connectivity index (χ4n) is 3.85. The molecule has 0 aliphatic carbocycles. The second-order valence-electron chi connectivity index (χ2n) is 8.00. The molecule has 1 aliphatic rings. The molecule has 160 valence electrons. The summed E-state index contributed by atoms with van der Waals surface area (Å²) < 4.78 is 11.5. The summed E-state index contributed by atoms with van der Waals surface area (Å²) in [6, 6.07) is 26.2. The van der Waals surface area contributed by atoms with Crippen molar-refractivity contribution >= 4 is 5.91 Å². The molecule has 3 aromatic carbocycles. The molecule has 3 aromatic rings. The number of hydrogen-bond acceptors (Lipinski definition) is 3. The van der Waals surface area contributed by atoms with E-state index in [9.17, 15) is 4.79 Å². The number of hydrogen-bond donors (Lipinski definition) is 0. The summed E-state index contributed by atoms with van der Waals surface area (Å²) in [5.74, 6) is 1.38. The summed E-state index contributed by atoms with van der Waals surface area (Å²) in [5.41, 5.74) is 3.04. The van der Waals surface area contributed by atoms with Gasteiger partial charge in [0, 0.05) is 24.6 Å². The Morgan fingerprint density at radius 3 is 2.23 bits per heavy atom. The Labute approximate surface area is 184 Å². The van der Waals surface area contributed by atoms with Crippen molar-refractivity contribution in [3.05, 3.63) is 95.6 Å². The smallest absolute Gasteiger partial charge is 0.254 e. The highest BCUT2D eigenvalue weighted by atomic mass is 16.5. The van der Waals surface area contributed by atoms with E-state index >= 15 is 0 Å². The number of benzene rings is 3. The van der Waals surface area contributed by atoms with Gasteiger partial charge in [0.15, 0.2) is 11.5 Å². The zero-order valence-corrected chi connectivity index (χ0v) is 18.0. The average Bonchev–Trinajstić information content (AvgIpc) is 3.07. The number of amides is 1. The Kier molecular flexibility index (Phi) is 6.88. The maximum absolute atomic E-state index is 13.6. The minimum atomic E-state index is 0.0139. The van der Waals surface area contributed by atoms with Crippen LogP contribution in [0.15, 0.2) is 78.9 Å². The Hall–Kier alpha value is -3.27. The van der Waals surface area contributed by atoms with Gasteiger partial charge in [-0.2, -0.15) is 0 Å². The van der Waals surface area contributed by atoms with Gasteiger partial charge in [-0.15, -0.1) is 0 Å². The van der Waals surface area contributed by atoms with Crippen LogP contribution in [0.1, 0.15) is 41.3 Å². The highest BCUT2D eigenvalue weighted by Gasteiger charge is 2.23. The molecule has 4 heteroatoms. The van der Waals surface area contributed by atoms with E-state index < -0.39 is 0 Å². The Bertz CT molecular complexity index is 988. The van der Waals surface area contributed by atoms with Gasteiger partial charge in [-0.1, -0.05) is 60.7 Å². The Morgan fingerprint density at radius 2 is 1.52 bits per heavy atom. The molecule has 1 aliphatic heterocycles. The molecule has 0 N–H and O–H groups in total. The van der Waals surface area contributed by atoms with E-state index in [1.54, 1.807) is 0 Å². The first kappa shape index (κ1) is 21.0. The second-order valence-corrected chi connectivity index (χ2v) is 8.00. The van der Waals surface area contributed by atoms with Gasteiger partial charge in [0.05, 0.1) is 13.2 Å². The lowest BCUT2D eigenvalue weighted by Gasteiger charge is -2.30. The maximum atomic E-state index is 13.6. The molecule has 0 fully saturated rings. The van der Waals surface area contributed by atoms with Crippen molar-refractivity contribution in [2.75, 3.05) is 13.2 Å². The van der Waals surface area contributed by atoms with E-state index in [4.69, 9.17) is 9.47 Å². The van der Waals surface area contributed by atoms with Crippen molar-refractivity contribution in [2.24, 2.45) is 0 Å². The third kappa shape index (κ3) is 5.46. The number of fused-ring (bicyclic) bond motifs is 1. The quantitative estimate of drug-likeness (QED) is 0.511. The molecule has 0 bridgehead atoms. The molecule has 0 radical (unpaired) electrons. The van der Waals surface area contributed by atoms with E-state index in [0.29, 0.717) is 36.8 Å². The van der Waals surface area contributed by atoms with Crippen LogP contribution in [0.5, 0.6) is 11.5 Å². The van der Waals surface area contributed by atoms with Gasteiger partial charge >= 0.3 is 0 Å². The first-order valence-electron chi connectivity index (χ1n) is 11.0. The molecule has 0 aromatic heterocycles. The zero-order valence-electron chi connectivity index (χ0n) is 18.0. The molecule has 0 unspecified atom stereocenters. The highest BCUT2D eigenvalue weighted by Crippen LogP contribution is 2.31. The molecule has 0 saturated heterocycles. The average molecular weight is 416 g/mol. The van der Waals surface area contributed by atoms with Crippen LogP contribution in [0.4, 0.5) is 0 Å². The molecule has 4 rings (SSSR count). The minimum absolute atomic E-state index is 0.0139. The summed E-state index contributed by atoms with van der Waals surface area (Å²) in [6.07, 6.45) is 2.67. The number of carbonyl (C=O) groups excluding carboxylic acids is 1. The van der Waals surface area contributed by atoms with Gasteiger partial charge in [-0.05, 0) is 49.1 Å². The van der Waals surface area contributed by atoms with Crippen LogP contribution in [-0.4, -0.2) is 30.1 Å². The predicted octanol–water partition coefficient (Wildman–Crippen LogP) is 5.51. The SMILES string of the molecule is C[C@@H](CCc1ccccc1)N(Cc1ccccc1)C(=O)c1ccc2c(c1)OCCCO2. The molecule has 31 heavy (non-hydrogen) atoms. The van der Waals surface area contributed by atoms with Crippen LogP contribution >= 0.6 is 0 Å². The summed E-state index contributed by atoms with van der Waals surface area (Å²) in [7, 11) is 0. The molecule has 0 saturated carbocycles. The summed E-state index contributed by atoms with van der Waals surface area (Å²) in [5, 5.41) is 0. The van der Waals surface area contributed by atoms with E-state index in [-0.39, 0.29) is 11.9 Å². The van der Waals surface area contributed by atoms with Gasteiger partial charge in [-0.25, -0.2) is 0 Å². The lowest BCUT2D eigenvalue weighted by molar-refractivity contribution is 0.0667. The van der Waals surface area contributed by atoms with Gasteiger partial charge in [0.25, 0.3) is 5.91 Å². The summed E-state index contributed by atoms with van der Waals surface area (Å²) in [6.45, 7) is 3.94. The van der Waals surface area contributed by atoms with Crippen LogP contribution in [0, 0.1) is 0 Å². The maximum Gasteiger partial charge on any atom is 0.254 e. The molecule has 1 atom stereocenters. The number of ether oxygens (including phenoxy) is 2. The Balaban J connectivity index is 1.55. The van der Waals surface area contributed by atoms with Gasteiger partial charge < -0.3 is 14.4 Å². The van der Waals surface area contributed by atoms with Crippen LogP contribution < -0.4 is 9.47 Å².